The standard InChI is InChI=1S/C16H16FNO5/c1-22-9-8-12(16(20)21)18-15(19)14-7-6-13(23-14)10-2-4-11(17)5-3-10/h2-7,12H,8-9H2,1H3,(H,18,19)(H,20,21). The van der Waals surface area contributed by atoms with Gasteiger partial charge in [0.15, 0.2) is 5.76 Å². The molecule has 0 aliphatic carbocycles. The van der Waals surface area contributed by atoms with Crippen molar-refractivity contribution in [2.45, 2.75) is 12.5 Å². The highest BCUT2D eigenvalue weighted by atomic mass is 19.1. The van der Waals surface area contributed by atoms with Gasteiger partial charge in [0.05, 0.1) is 0 Å². The van der Waals surface area contributed by atoms with E-state index < -0.39 is 17.9 Å². The van der Waals surface area contributed by atoms with Crippen LogP contribution in [0.5, 0.6) is 0 Å². The Labute approximate surface area is 131 Å². The van der Waals surface area contributed by atoms with Gasteiger partial charge in [-0.05, 0) is 36.4 Å². The number of ether oxygens (including phenoxy) is 1. The lowest BCUT2D eigenvalue weighted by molar-refractivity contribution is -0.139. The maximum Gasteiger partial charge on any atom is 0.326 e. The van der Waals surface area contributed by atoms with Crippen molar-refractivity contribution in [1.82, 2.24) is 5.32 Å². The van der Waals surface area contributed by atoms with Crippen LogP contribution in [0.2, 0.25) is 0 Å². The molecule has 0 aliphatic heterocycles. The summed E-state index contributed by atoms with van der Waals surface area (Å²) in [6.07, 6.45) is 0.142. The minimum atomic E-state index is -1.15. The van der Waals surface area contributed by atoms with Crippen LogP contribution in [0, 0.1) is 5.82 Å². The molecule has 0 aliphatic rings. The third-order valence-electron chi connectivity index (χ3n) is 3.17. The van der Waals surface area contributed by atoms with E-state index in [0.717, 1.165) is 0 Å². The van der Waals surface area contributed by atoms with Crippen molar-refractivity contribution in [3.63, 3.8) is 0 Å². The molecule has 6 nitrogen and oxygen atoms in total. The number of furan rings is 1. The number of carbonyl (C=O) groups is 2. The van der Waals surface area contributed by atoms with Crippen molar-refractivity contribution >= 4 is 11.9 Å². The third-order valence-corrected chi connectivity index (χ3v) is 3.17. The lowest BCUT2D eigenvalue weighted by Gasteiger charge is -2.12. The van der Waals surface area contributed by atoms with Crippen molar-refractivity contribution in [2.75, 3.05) is 13.7 Å². The lowest BCUT2D eigenvalue weighted by Crippen LogP contribution is -2.41. The summed E-state index contributed by atoms with van der Waals surface area (Å²) in [5.41, 5.74) is 0.611. The fourth-order valence-corrected chi connectivity index (χ4v) is 1.95. The van der Waals surface area contributed by atoms with E-state index in [4.69, 9.17) is 14.3 Å². The van der Waals surface area contributed by atoms with Crippen LogP contribution in [0.4, 0.5) is 4.39 Å². The van der Waals surface area contributed by atoms with E-state index in [1.165, 1.54) is 37.4 Å². The zero-order valence-corrected chi connectivity index (χ0v) is 12.4. The Morgan fingerprint density at radius 3 is 2.57 bits per heavy atom. The van der Waals surface area contributed by atoms with Crippen LogP contribution in [0.3, 0.4) is 0 Å². The van der Waals surface area contributed by atoms with E-state index in [-0.39, 0.29) is 24.6 Å². The van der Waals surface area contributed by atoms with E-state index in [9.17, 15) is 14.0 Å². The monoisotopic (exact) mass is 321 g/mol. The average molecular weight is 321 g/mol. The number of methoxy groups -OCH3 is 1. The molecular formula is C16H16FNO5. The van der Waals surface area contributed by atoms with E-state index in [2.05, 4.69) is 5.32 Å². The second-order valence-electron chi connectivity index (χ2n) is 4.82. The molecule has 122 valence electrons. The number of carboxylic acid groups (broad SMARTS) is 1. The summed E-state index contributed by atoms with van der Waals surface area (Å²) in [5, 5.41) is 11.4. The molecule has 0 fully saturated rings. The minimum absolute atomic E-state index is 0.0204. The number of carboxylic acids is 1. The number of rotatable bonds is 7. The Morgan fingerprint density at radius 2 is 1.96 bits per heavy atom. The Hall–Kier alpha value is -2.67. The minimum Gasteiger partial charge on any atom is -0.480 e. The number of benzene rings is 1. The van der Waals surface area contributed by atoms with E-state index in [0.29, 0.717) is 11.3 Å². The van der Waals surface area contributed by atoms with Gasteiger partial charge in [0.2, 0.25) is 0 Å². The van der Waals surface area contributed by atoms with Gasteiger partial charge in [-0.25, -0.2) is 9.18 Å². The Kier molecular flexibility index (Phi) is 5.48. The molecule has 1 atom stereocenters. The summed E-state index contributed by atoms with van der Waals surface area (Å²) in [7, 11) is 1.45. The number of aliphatic carboxylic acids is 1. The van der Waals surface area contributed by atoms with E-state index in [1.807, 2.05) is 0 Å². The molecule has 0 spiro atoms. The predicted molar refractivity (Wildman–Crippen MR) is 79.5 cm³/mol. The average Bonchev–Trinajstić information content (AvgIpc) is 3.01. The fourth-order valence-electron chi connectivity index (χ4n) is 1.95. The zero-order chi connectivity index (χ0) is 16.8. The zero-order valence-electron chi connectivity index (χ0n) is 12.4. The summed E-state index contributed by atoms with van der Waals surface area (Å²) in [6, 6.07) is 7.53. The van der Waals surface area contributed by atoms with Gasteiger partial charge in [-0.15, -0.1) is 0 Å². The van der Waals surface area contributed by atoms with Crippen molar-refractivity contribution in [3.05, 3.63) is 48.0 Å². The molecule has 23 heavy (non-hydrogen) atoms. The molecule has 0 saturated carbocycles. The van der Waals surface area contributed by atoms with Crippen molar-refractivity contribution in [1.29, 1.82) is 0 Å². The molecule has 1 aromatic carbocycles. The SMILES string of the molecule is COCCC(NC(=O)c1ccc(-c2ccc(F)cc2)o1)C(=O)O. The molecular weight excluding hydrogens is 305 g/mol. The molecule has 1 amide bonds. The van der Waals surface area contributed by atoms with Crippen LogP contribution >= 0.6 is 0 Å². The molecule has 1 aromatic heterocycles. The third kappa shape index (κ3) is 4.40. The van der Waals surface area contributed by atoms with Gasteiger partial charge >= 0.3 is 5.97 Å². The number of nitrogens with one attached hydrogen (secondary N) is 1. The molecule has 0 bridgehead atoms. The highest BCUT2D eigenvalue weighted by Crippen LogP contribution is 2.22. The van der Waals surface area contributed by atoms with Crippen LogP contribution in [-0.2, 0) is 9.53 Å². The number of halogens is 1. The first-order chi connectivity index (χ1) is 11.0. The molecule has 2 rings (SSSR count). The fraction of sp³-hybridized carbons (Fsp3) is 0.250. The lowest BCUT2D eigenvalue weighted by atomic mass is 10.2. The van der Waals surface area contributed by atoms with Crippen molar-refractivity contribution < 1.29 is 28.2 Å². The molecule has 2 aromatic rings. The van der Waals surface area contributed by atoms with Gasteiger partial charge in [-0.1, -0.05) is 0 Å². The Morgan fingerprint density at radius 1 is 1.26 bits per heavy atom. The van der Waals surface area contributed by atoms with Gasteiger partial charge in [-0.3, -0.25) is 4.79 Å². The highest BCUT2D eigenvalue weighted by molar-refractivity contribution is 5.94. The van der Waals surface area contributed by atoms with Crippen LogP contribution in [0.1, 0.15) is 17.0 Å². The van der Waals surface area contributed by atoms with Crippen LogP contribution < -0.4 is 5.32 Å². The topological polar surface area (TPSA) is 88.8 Å². The molecule has 1 heterocycles. The van der Waals surface area contributed by atoms with Gasteiger partial charge in [-0.2, -0.15) is 0 Å². The molecule has 7 heteroatoms. The van der Waals surface area contributed by atoms with Crippen molar-refractivity contribution in [2.24, 2.45) is 0 Å². The normalized spacial score (nSPS) is 11.9. The van der Waals surface area contributed by atoms with Crippen molar-refractivity contribution in [3.8, 4) is 11.3 Å². The first-order valence-electron chi connectivity index (χ1n) is 6.89. The van der Waals surface area contributed by atoms with E-state index >= 15 is 0 Å². The van der Waals surface area contributed by atoms with E-state index in [1.54, 1.807) is 6.07 Å². The maximum atomic E-state index is 12.9. The largest absolute Gasteiger partial charge is 0.480 e. The second kappa shape index (κ2) is 7.55. The molecule has 2 N–H and O–H groups in total. The van der Waals surface area contributed by atoms with Crippen LogP contribution in [0.15, 0.2) is 40.8 Å². The summed E-state index contributed by atoms with van der Waals surface area (Å²) in [4.78, 5) is 23.1. The summed E-state index contributed by atoms with van der Waals surface area (Å²) < 4.78 is 23.1. The van der Waals surface area contributed by atoms with Gasteiger partial charge in [0.25, 0.3) is 5.91 Å². The molecule has 1 unspecified atom stereocenters. The highest BCUT2D eigenvalue weighted by Gasteiger charge is 2.22. The first-order valence-corrected chi connectivity index (χ1v) is 6.89. The quantitative estimate of drug-likeness (QED) is 0.817. The maximum absolute atomic E-state index is 12.9. The predicted octanol–water partition coefficient (Wildman–Crippen LogP) is 2.31. The smallest absolute Gasteiger partial charge is 0.326 e. The van der Waals surface area contributed by atoms with Gasteiger partial charge in [0.1, 0.15) is 17.6 Å². The number of hydrogen-bond acceptors (Lipinski definition) is 4. The molecule has 0 saturated heterocycles. The Balaban J connectivity index is 2.08. The summed E-state index contributed by atoms with van der Waals surface area (Å²) >= 11 is 0. The van der Waals surface area contributed by atoms with Crippen LogP contribution in [0.25, 0.3) is 11.3 Å². The number of amides is 1. The van der Waals surface area contributed by atoms with Gasteiger partial charge in [0, 0.05) is 25.7 Å². The molecule has 0 radical (unpaired) electrons. The summed E-state index contributed by atoms with van der Waals surface area (Å²) in [5.74, 6) is -1.80. The number of carbonyl (C=O) groups excluding carboxylic acids is 1. The Bertz CT molecular complexity index is 680. The second-order valence-corrected chi connectivity index (χ2v) is 4.82. The van der Waals surface area contributed by atoms with Crippen LogP contribution in [-0.4, -0.2) is 36.7 Å². The summed E-state index contributed by atoms with van der Waals surface area (Å²) in [6.45, 7) is 0.205. The first kappa shape index (κ1) is 16.7. The van der Waals surface area contributed by atoms with Gasteiger partial charge < -0.3 is 19.6 Å². The number of hydrogen-bond donors (Lipinski definition) is 2.